The molecule has 2 atom stereocenters. The van der Waals surface area contributed by atoms with Gasteiger partial charge < -0.3 is 20.1 Å². The summed E-state index contributed by atoms with van der Waals surface area (Å²) in [5.74, 6) is -0.940. The lowest BCUT2D eigenvalue weighted by Gasteiger charge is -2.37. The van der Waals surface area contributed by atoms with Gasteiger partial charge in [0.05, 0.1) is 11.6 Å². The summed E-state index contributed by atoms with van der Waals surface area (Å²) in [7, 11) is 0. The van der Waals surface area contributed by atoms with Crippen LogP contribution >= 0.6 is 0 Å². The molecule has 1 unspecified atom stereocenters. The standard InChI is InChI=1S/C40H39N3O5/c41-25-29-9-6-10-30(21-29)26-48-34-18-17-33-19-20-43(37(44)23-27-7-4-5-8-27)38(35(33)24-34)39(45)42-36(40(46)47)22-28-13-15-32(16-14-28)31-11-2-1-3-12-31/h1-3,6,9-18,21,24,27,36,38H,4-5,7-8,19-20,22-23,26H2,(H,42,45)(H,46,47)/t36-,38?/m0/s1. The van der Waals surface area contributed by atoms with E-state index < -0.39 is 24.0 Å². The van der Waals surface area contributed by atoms with Crippen molar-refractivity contribution in [2.75, 3.05) is 6.54 Å². The van der Waals surface area contributed by atoms with E-state index in [1.807, 2.05) is 72.8 Å². The lowest BCUT2D eigenvalue weighted by Crippen LogP contribution is -2.51. The first-order chi connectivity index (χ1) is 23.4. The minimum absolute atomic E-state index is 0.0873. The topological polar surface area (TPSA) is 120 Å². The first-order valence-corrected chi connectivity index (χ1v) is 16.6. The molecule has 1 saturated carbocycles. The van der Waals surface area contributed by atoms with Crippen LogP contribution in [0.2, 0.25) is 0 Å². The van der Waals surface area contributed by atoms with E-state index in [4.69, 9.17) is 4.74 Å². The van der Waals surface area contributed by atoms with Crippen molar-refractivity contribution in [3.8, 4) is 22.9 Å². The van der Waals surface area contributed by atoms with Crippen LogP contribution in [0.5, 0.6) is 5.75 Å². The van der Waals surface area contributed by atoms with E-state index in [1.54, 1.807) is 29.2 Å². The minimum atomic E-state index is -1.19. The fourth-order valence-electron chi connectivity index (χ4n) is 6.86. The number of ether oxygens (including phenoxy) is 1. The van der Waals surface area contributed by atoms with Crippen LogP contribution < -0.4 is 10.1 Å². The van der Waals surface area contributed by atoms with Gasteiger partial charge in [0.2, 0.25) is 11.8 Å². The van der Waals surface area contributed by atoms with E-state index in [-0.39, 0.29) is 18.9 Å². The molecule has 48 heavy (non-hydrogen) atoms. The molecule has 4 aromatic carbocycles. The van der Waals surface area contributed by atoms with Crippen LogP contribution in [0.25, 0.3) is 11.1 Å². The Morgan fingerprint density at radius 2 is 1.65 bits per heavy atom. The lowest BCUT2D eigenvalue weighted by atomic mass is 9.90. The van der Waals surface area contributed by atoms with Gasteiger partial charge in [-0.3, -0.25) is 9.59 Å². The molecule has 4 aromatic rings. The number of hydrogen-bond acceptors (Lipinski definition) is 5. The molecule has 0 spiro atoms. The number of carboxylic acids is 1. The van der Waals surface area contributed by atoms with Crippen molar-refractivity contribution in [1.29, 1.82) is 5.26 Å². The number of nitrogens with zero attached hydrogens (tertiary/aromatic N) is 2. The summed E-state index contributed by atoms with van der Waals surface area (Å²) in [6.07, 6.45) is 5.27. The quantitative estimate of drug-likeness (QED) is 0.190. The number of amides is 2. The number of rotatable bonds is 11. The zero-order valence-corrected chi connectivity index (χ0v) is 26.8. The molecule has 244 valence electrons. The van der Waals surface area contributed by atoms with E-state index in [0.29, 0.717) is 42.2 Å². The zero-order valence-electron chi connectivity index (χ0n) is 26.8. The van der Waals surface area contributed by atoms with Crippen molar-refractivity contribution in [3.63, 3.8) is 0 Å². The van der Waals surface area contributed by atoms with Gasteiger partial charge in [-0.2, -0.15) is 5.26 Å². The Hall–Kier alpha value is -5.42. The summed E-state index contributed by atoms with van der Waals surface area (Å²) in [5, 5.41) is 22.2. The highest BCUT2D eigenvalue weighted by Crippen LogP contribution is 2.36. The van der Waals surface area contributed by atoms with Crippen molar-refractivity contribution in [3.05, 3.63) is 125 Å². The van der Waals surface area contributed by atoms with E-state index in [2.05, 4.69) is 11.4 Å². The van der Waals surface area contributed by atoms with Crippen LogP contribution in [0.1, 0.15) is 66.0 Å². The molecular weight excluding hydrogens is 602 g/mol. The third-order valence-corrected chi connectivity index (χ3v) is 9.43. The monoisotopic (exact) mass is 641 g/mol. The molecular formula is C40H39N3O5. The summed E-state index contributed by atoms with van der Waals surface area (Å²) in [6.45, 7) is 0.593. The van der Waals surface area contributed by atoms with Gasteiger partial charge in [-0.15, -0.1) is 0 Å². The zero-order chi connectivity index (χ0) is 33.5. The summed E-state index contributed by atoms with van der Waals surface area (Å²) in [6, 6.07) is 30.3. The van der Waals surface area contributed by atoms with Crippen LogP contribution in [0.3, 0.4) is 0 Å². The van der Waals surface area contributed by atoms with Crippen LogP contribution in [0.15, 0.2) is 97.1 Å². The maximum absolute atomic E-state index is 14.2. The smallest absolute Gasteiger partial charge is 0.326 e. The Balaban J connectivity index is 1.24. The first-order valence-electron chi connectivity index (χ1n) is 16.6. The fourth-order valence-corrected chi connectivity index (χ4v) is 6.86. The third-order valence-electron chi connectivity index (χ3n) is 9.43. The van der Waals surface area contributed by atoms with Gasteiger partial charge in [0.25, 0.3) is 0 Å². The molecule has 2 amide bonds. The van der Waals surface area contributed by atoms with Crippen molar-refractivity contribution in [1.82, 2.24) is 10.2 Å². The van der Waals surface area contributed by atoms with Crippen molar-refractivity contribution in [2.24, 2.45) is 5.92 Å². The van der Waals surface area contributed by atoms with Gasteiger partial charge >= 0.3 is 5.97 Å². The largest absolute Gasteiger partial charge is 0.489 e. The molecule has 6 rings (SSSR count). The van der Waals surface area contributed by atoms with E-state index in [9.17, 15) is 24.8 Å². The summed E-state index contributed by atoms with van der Waals surface area (Å²) >= 11 is 0. The Morgan fingerprint density at radius 3 is 2.38 bits per heavy atom. The maximum atomic E-state index is 14.2. The molecule has 1 fully saturated rings. The Labute approximate surface area is 281 Å². The molecule has 2 N–H and O–H groups in total. The molecule has 1 aliphatic heterocycles. The minimum Gasteiger partial charge on any atom is -0.489 e. The second-order valence-corrected chi connectivity index (χ2v) is 12.7. The molecule has 1 aliphatic carbocycles. The number of carbonyl (C=O) groups is 3. The fraction of sp³-hybridized carbons (Fsp3) is 0.300. The second-order valence-electron chi connectivity index (χ2n) is 12.7. The van der Waals surface area contributed by atoms with Crippen molar-refractivity contribution >= 4 is 17.8 Å². The summed E-state index contributed by atoms with van der Waals surface area (Å²) < 4.78 is 6.09. The number of carbonyl (C=O) groups excluding carboxylic acids is 2. The molecule has 8 nitrogen and oxygen atoms in total. The average Bonchev–Trinajstić information content (AvgIpc) is 3.63. The molecule has 0 bridgehead atoms. The van der Waals surface area contributed by atoms with Gasteiger partial charge in [0, 0.05) is 19.4 Å². The van der Waals surface area contributed by atoms with E-state index in [0.717, 1.165) is 53.5 Å². The lowest BCUT2D eigenvalue weighted by molar-refractivity contribution is -0.145. The number of carboxylic acid groups (broad SMARTS) is 1. The number of hydrogen-bond donors (Lipinski definition) is 2. The van der Waals surface area contributed by atoms with Gasteiger partial charge in [-0.1, -0.05) is 85.6 Å². The highest BCUT2D eigenvalue weighted by molar-refractivity contribution is 5.92. The number of aliphatic carboxylic acids is 1. The summed E-state index contributed by atoms with van der Waals surface area (Å²) in [4.78, 5) is 42.1. The Bertz CT molecular complexity index is 1810. The predicted octanol–water partition coefficient (Wildman–Crippen LogP) is 6.62. The molecule has 8 heteroatoms. The molecule has 0 saturated heterocycles. The second kappa shape index (κ2) is 15.0. The number of fused-ring (bicyclic) bond motifs is 1. The highest BCUT2D eigenvalue weighted by Gasteiger charge is 2.38. The average molecular weight is 642 g/mol. The van der Waals surface area contributed by atoms with Crippen molar-refractivity contribution in [2.45, 2.75) is 63.6 Å². The molecule has 0 radical (unpaired) electrons. The van der Waals surface area contributed by atoms with E-state index >= 15 is 0 Å². The van der Waals surface area contributed by atoms with Gasteiger partial charge in [0.1, 0.15) is 24.4 Å². The van der Waals surface area contributed by atoms with E-state index in [1.165, 1.54) is 0 Å². The maximum Gasteiger partial charge on any atom is 0.326 e. The SMILES string of the molecule is N#Cc1cccc(COc2ccc3c(c2)C(C(=O)N[C@@H](Cc2ccc(-c4ccccc4)cc2)C(=O)O)N(C(=O)CC2CCCC2)CC3)c1. The van der Waals surface area contributed by atoms with Crippen LogP contribution in [0, 0.1) is 17.2 Å². The normalized spacial score (nSPS) is 16.4. The van der Waals surface area contributed by atoms with Crippen LogP contribution in [-0.2, 0) is 33.8 Å². The molecule has 1 heterocycles. The third kappa shape index (κ3) is 7.75. The first kappa shape index (κ1) is 32.5. The highest BCUT2D eigenvalue weighted by atomic mass is 16.5. The van der Waals surface area contributed by atoms with Crippen molar-refractivity contribution < 1.29 is 24.2 Å². The number of nitriles is 1. The predicted molar refractivity (Wildman–Crippen MR) is 182 cm³/mol. The number of nitrogens with one attached hydrogen (secondary N) is 1. The molecule has 2 aliphatic rings. The van der Waals surface area contributed by atoms with Crippen LogP contribution in [-0.4, -0.2) is 40.4 Å². The van der Waals surface area contributed by atoms with Gasteiger partial charge in [-0.05, 0) is 82.8 Å². The molecule has 0 aromatic heterocycles. The van der Waals surface area contributed by atoms with Gasteiger partial charge in [-0.25, -0.2) is 4.79 Å². The Morgan fingerprint density at radius 1 is 0.896 bits per heavy atom. The van der Waals surface area contributed by atoms with Crippen LogP contribution in [0.4, 0.5) is 0 Å². The summed E-state index contributed by atoms with van der Waals surface area (Å²) in [5.41, 5.74) is 5.77. The number of benzene rings is 4. The Kier molecular flexibility index (Phi) is 10.2. The van der Waals surface area contributed by atoms with Gasteiger partial charge in [0.15, 0.2) is 0 Å².